The van der Waals surface area contributed by atoms with Crippen molar-refractivity contribution in [2.24, 2.45) is 0 Å². The zero-order valence-electron chi connectivity index (χ0n) is 40.2. The van der Waals surface area contributed by atoms with Gasteiger partial charge in [-0.3, -0.25) is 9.59 Å². The molecule has 354 valence electrons. The smallest absolute Gasteiger partial charge is 0.306 e. The number of esters is 1. The van der Waals surface area contributed by atoms with E-state index in [4.69, 9.17) is 4.74 Å². The van der Waals surface area contributed by atoms with Gasteiger partial charge in [0.25, 0.3) is 0 Å². The van der Waals surface area contributed by atoms with Gasteiger partial charge in [0, 0.05) is 6.42 Å². The van der Waals surface area contributed by atoms with E-state index in [0.717, 1.165) is 57.8 Å². The molecule has 3 N–H and O–H groups in total. The Labute approximate surface area is 382 Å². The van der Waals surface area contributed by atoms with Gasteiger partial charge in [0.2, 0.25) is 5.91 Å². The van der Waals surface area contributed by atoms with Crippen LogP contribution in [0.1, 0.15) is 220 Å². The molecular formula is C56H95NO5. The third kappa shape index (κ3) is 43.4. The molecule has 0 aromatic rings. The summed E-state index contributed by atoms with van der Waals surface area (Å²) in [6.07, 6.45) is 64.9. The summed E-state index contributed by atoms with van der Waals surface area (Å²) in [5.74, 6) is -0.661. The maximum Gasteiger partial charge on any atom is 0.306 e. The van der Waals surface area contributed by atoms with E-state index >= 15 is 0 Å². The molecule has 0 bridgehead atoms. The molecule has 0 spiro atoms. The average molecular weight is 862 g/mol. The first-order valence-corrected chi connectivity index (χ1v) is 25.6. The van der Waals surface area contributed by atoms with E-state index in [1.165, 1.54) is 116 Å². The fraction of sp³-hybridized carbons (Fsp3) is 0.679. The minimum absolute atomic E-state index is 0.0522. The minimum atomic E-state index is -0.824. The number of amides is 1. The van der Waals surface area contributed by atoms with Crippen molar-refractivity contribution in [2.45, 2.75) is 238 Å². The molecule has 0 fully saturated rings. The van der Waals surface area contributed by atoms with Crippen LogP contribution in [0.2, 0.25) is 0 Å². The number of hydrogen-bond donors (Lipinski definition) is 3. The highest BCUT2D eigenvalue weighted by Gasteiger charge is 2.23. The van der Waals surface area contributed by atoms with Crippen LogP contribution in [0.5, 0.6) is 0 Å². The van der Waals surface area contributed by atoms with Crippen molar-refractivity contribution >= 4 is 11.9 Å². The highest BCUT2D eigenvalue weighted by molar-refractivity contribution is 5.78. The van der Waals surface area contributed by atoms with Crippen LogP contribution in [0.4, 0.5) is 0 Å². The fourth-order valence-corrected chi connectivity index (χ4v) is 7.19. The standard InChI is InChI=1S/C56H95NO5/c1-4-7-10-13-16-19-22-24-26-27-29-31-34-37-40-43-46-49-56(61)62-52(47-44-41-38-35-32-21-18-15-12-9-6-3)50-55(60)57-53(51-58)54(59)48-45-42-39-36-33-30-28-25-23-20-17-14-11-8-5-2/h7,10,13,16,19,22,24,26-27,29,31,34-35,38,44,47,52-54,58-59H,4-6,8-9,11-12,14-15,17-18,20-21,23,25,28,30,32-33,36-37,39-43,45-46,48-51H2,1-3H3,(H,57,60)/b10-7-,16-13+,22-19+,26-24-,29-27+,34-31+,38-35-,47-44+. The monoisotopic (exact) mass is 862 g/mol. The summed E-state index contributed by atoms with van der Waals surface area (Å²) in [5, 5.41) is 23.7. The summed E-state index contributed by atoms with van der Waals surface area (Å²) < 4.78 is 5.80. The van der Waals surface area contributed by atoms with E-state index < -0.39 is 18.2 Å². The molecule has 0 aromatic heterocycles. The Morgan fingerprint density at radius 1 is 0.516 bits per heavy atom. The summed E-state index contributed by atoms with van der Waals surface area (Å²) in [6.45, 7) is 6.28. The molecule has 0 radical (unpaired) electrons. The van der Waals surface area contributed by atoms with Gasteiger partial charge in [-0.25, -0.2) is 0 Å². The van der Waals surface area contributed by atoms with Crippen LogP contribution in [-0.2, 0) is 14.3 Å². The van der Waals surface area contributed by atoms with E-state index in [0.29, 0.717) is 19.3 Å². The molecule has 1 amide bonds. The number of aliphatic hydroxyl groups is 2. The molecule has 0 saturated carbocycles. The molecule has 3 unspecified atom stereocenters. The number of carbonyl (C=O) groups excluding carboxylic acids is 2. The predicted molar refractivity (Wildman–Crippen MR) is 268 cm³/mol. The molecule has 0 aliphatic rings. The number of carbonyl (C=O) groups is 2. The second kappa shape index (κ2) is 48.8. The van der Waals surface area contributed by atoms with Crippen LogP contribution in [0, 0.1) is 0 Å². The van der Waals surface area contributed by atoms with Gasteiger partial charge in [0.05, 0.1) is 25.2 Å². The lowest BCUT2D eigenvalue weighted by atomic mass is 10.0. The van der Waals surface area contributed by atoms with Crippen LogP contribution in [0.3, 0.4) is 0 Å². The van der Waals surface area contributed by atoms with Crippen molar-refractivity contribution in [1.82, 2.24) is 5.32 Å². The maximum atomic E-state index is 13.2. The van der Waals surface area contributed by atoms with Crippen LogP contribution in [0.25, 0.3) is 0 Å². The van der Waals surface area contributed by atoms with Crippen LogP contribution in [-0.4, -0.2) is 46.9 Å². The summed E-state index contributed by atoms with van der Waals surface area (Å²) >= 11 is 0. The van der Waals surface area contributed by atoms with Crippen LogP contribution >= 0.6 is 0 Å². The Hall–Kier alpha value is -3.22. The third-order valence-electron chi connectivity index (χ3n) is 11.1. The molecule has 62 heavy (non-hydrogen) atoms. The fourth-order valence-electron chi connectivity index (χ4n) is 7.19. The summed E-state index contributed by atoms with van der Waals surface area (Å²) in [7, 11) is 0. The van der Waals surface area contributed by atoms with Crippen molar-refractivity contribution in [3.05, 3.63) is 97.2 Å². The van der Waals surface area contributed by atoms with Gasteiger partial charge >= 0.3 is 5.97 Å². The van der Waals surface area contributed by atoms with Gasteiger partial charge in [-0.1, -0.05) is 247 Å². The highest BCUT2D eigenvalue weighted by Crippen LogP contribution is 2.16. The Morgan fingerprint density at radius 2 is 0.968 bits per heavy atom. The summed E-state index contributed by atoms with van der Waals surface area (Å²) in [6, 6.07) is -0.747. The third-order valence-corrected chi connectivity index (χ3v) is 11.1. The van der Waals surface area contributed by atoms with Crippen molar-refractivity contribution in [3.63, 3.8) is 0 Å². The van der Waals surface area contributed by atoms with E-state index in [1.54, 1.807) is 6.08 Å². The first-order valence-electron chi connectivity index (χ1n) is 25.6. The van der Waals surface area contributed by atoms with Crippen molar-refractivity contribution < 1.29 is 24.5 Å². The molecular weight excluding hydrogens is 767 g/mol. The zero-order chi connectivity index (χ0) is 45.2. The van der Waals surface area contributed by atoms with Gasteiger partial charge < -0.3 is 20.3 Å². The zero-order valence-corrected chi connectivity index (χ0v) is 40.2. The molecule has 3 atom stereocenters. The van der Waals surface area contributed by atoms with E-state index in [9.17, 15) is 19.8 Å². The van der Waals surface area contributed by atoms with Crippen LogP contribution in [0.15, 0.2) is 97.2 Å². The Balaban J connectivity index is 4.70. The Morgan fingerprint density at radius 3 is 1.48 bits per heavy atom. The lowest BCUT2D eigenvalue weighted by Crippen LogP contribution is -2.46. The molecule has 0 aliphatic heterocycles. The molecule has 6 nitrogen and oxygen atoms in total. The lowest BCUT2D eigenvalue weighted by Gasteiger charge is -2.23. The van der Waals surface area contributed by atoms with Gasteiger partial charge in [-0.05, 0) is 57.4 Å². The second-order valence-corrected chi connectivity index (χ2v) is 17.0. The Kier molecular flexibility index (Phi) is 46.3. The number of allylic oxidation sites excluding steroid dienone is 15. The largest absolute Gasteiger partial charge is 0.458 e. The minimum Gasteiger partial charge on any atom is -0.458 e. The van der Waals surface area contributed by atoms with E-state index in [-0.39, 0.29) is 24.9 Å². The molecule has 0 saturated heterocycles. The van der Waals surface area contributed by atoms with Gasteiger partial charge in [0.1, 0.15) is 6.10 Å². The summed E-state index contributed by atoms with van der Waals surface area (Å²) in [5.41, 5.74) is 0. The van der Waals surface area contributed by atoms with E-state index in [2.05, 4.69) is 50.4 Å². The van der Waals surface area contributed by atoms with Gasteiger partial charge in [0.15, 0.2) is 0 Å². The first-order chi connectivity index (χ1) is 30.5. The maximum absolute atomic E-state index is 13.2. The number of ether oxygens (including phenoxy) is 1. The second-order valence-electron chi connectivity index (χ2n) is 17.0. The van der Waals surface area contributed by atoms with E-state index in [1.807, 2.05) is 66.8 Å². The van der Waals surface area contributed by atoms with Crippen molar-refractivity contribution in [3.8, 4) is 0 Å². The first kappa shape index (κ1) is 58.8. The number of nitrogens with one attached hydrogen (secondary N) is 1. The normalized spacial score (nSPS) is 14.1. The number of hydrogen-bond acceptors (Lipinski definition) is 5. The average Bonchev–Trinajstić information content (AvgIpc) is 3.26. The quantitative estimate of drug-likeness (QED) is 0.0245. The number of aliphatic hydroxyl groups excluding tert-OH is 2. The number of rotatable bonds is 44. The Bertz CT molecular complexity index is 1240. The molecule has 0 aromatic carbocycles. The van der Waals surface area contributed by atoms with Gasteiger partial charge in [-0.2, -0.15) is 0 Å². The van der Waals surface area contributed by atoms with Crippen molar-refractivity contribution in [2.75, 3.05) is 6.61 Å². The molecule has 0 rings (SSSR count). The van der Waals surface area contributed by atoms with Crippen LogP contribution < -0.4 is 5.32 Å². The SMILES string of the molecule is CC\C=C/C=C/C=C/C=C\C=C\C=C\CCCCCC(=O)OC(/C=C/C/C=C\CCCCCCCC)CC(=O)NC(CO)C(O)CCCCCCCCCCCCCCCCC. The highest BCUT2D eigenvalue weighted by atomic mass is 16.5. The predicted octanol–water partition coefficient (Wildman–Crippen LogP) is 15.3. The molecule has 6 heteroatoms. The molecule has 0 aliphatic carbocycles. The topological polar surface area (TPSA) is 95.9 Å². The lowest BCUT2D eigenvalue weighted by molar-refractivity contribution is -0.148. The van der Waals surface area contributed by atoms with Crippen molar-refractivity contribution in [1.29, 1.82) is 0 Å². The number of unbranched alkanes of at least 4 members (excludes halogenated alkanes) is 23. The summed E-state index contributed by atoms with van der Waals surface area (Å²) in [4.78, 5) is 26.0. The van der Waals surface area contributed by atoms with Gasteiger partial charge in [-0.15, -0.1) is 0 Å². The molecule has 0 heterocycles.